The number of rotatable bonds is 6. The second kappa shape index (κ2) is 8.65. The van der Waals surface area contributed by atoms with Crippen LogP contribution in [0.4, 0.5) is 4.39 Å². The predicted molar refractivity (Wildman–Crippen MR) is 104 cm³/mol. The number of amides is 1. The molecule has 0 unspecified atom stereocenters. The van der Waals surface area contributed by atoms with Gasteiger partial charge in [-0.1, -0.05) is 26.0 Å². The van der Waals surface area contributed by atoms with Crippen LogP contribution in [-0.4, -0.2) is 13.0 Å². The molecule has 0 saturated carbocycles. The minimum absolute atomic E-state index is 0.135. The van der Waals surface area contributed by atoms with Gasteiger partial charge < -0.3 is 10.1 Å². The maximum atomic E-state index is 12.9. The molecule has 0 aliphatic carbocycles. The number of nitrogens with one attached hydrogen (secondary N) is 1. The highest BCUT2D eigenvalue weighted by molar-refractivity contribution is 5.92. The minimum Gasteiger partial charge on any atom is -0.496 e. The fourth-order valence-electron chi connectivity index (χ4n) is 2.90. The van der Waals surface area contributed by atoms with Crippen LogP contribution in [0.3, 0.4) is 0 Å². The Morgan fingerprint density at radius 3 is 2.35 bits per heavy atom. The zero-order valence-electron chi connectivity index (χ0n) is 16.0. The molecule has 0 heterocycles. The average molecular weight is 355 g/mol. The van der Waals surface area contributed by atoms with Crippen molar-refractivity contribution >= 4 is 12.0 Å². The first-order chi connectivity index (χ1) is 12.3. The van der Waals surface area contributed by atoms with E-state index >= 15 is 0 Å². The summed E-state index contributed by atoms with van der Waals surface area (Å²) in [5.41, 5.74) is 4.03. The molecule has 2 aromatic carbocycles. The summed E-state index contributed by atoms with van der Waals surface area (Å²) in [7, 11) is 1.67. The number of methoxy groups -OCH3 is 1. The van der Waals surface area contributed by atoms with E-state index in [9.17, 15) is 9.18 Å². The lowest BCUT2D eigenvalue weighted by Crippen LogP contribution is -2.25. The molecule has 26 heavy (non-hydrogen) atoms. The van der Waals surface area contributed by atoms with Gasteiger partial charge in [0.15, 0.2) is 0 Å². The van der Waals surface area contributed by atoms with Gasteiger partial charge in [-0.25, -0.2) is 4.39 Å². The highest BCUT2D eigenvalue weighted by atomic mass is 19.1. The van der Waals surface area contributed by atoms with Crippen LogP contribution in [0.1, 0.15) is 55.0 Å². The van der Waals surface area contributed by atoms with Crippen LogP contribution < -0.4 is 10.1 Å². The number of hydrogen-bond acceptors (Lipinski definition) is 2. The van der Waals surface area contributed by atoms with Crippen molar-refractivity contribution in [1.82, 2.24) is 5.32 Å². The number of carbonyl (C=O) groups excluding carboxylic acids is 1. The second-order valence-electron chi connectivity index (χ2n) is 6.72. The lowest BCUT2D eigenvalue weighted by molar-refractivity contribution is -0.117. The molecule has 0 radical (unpaired) electrons. The Bertz CT molecular complexity index is 795. The van der Waals surface area contributed by atoms with Crippen molar-refractivity contribution < 1.29 is 13.9 Å². The molecule has 2 rings (SSSR count). The van der Waals surface area contributed by atoms with Crippen LogP contribution in [0.25, 0.3) is 6.08 Å². The van der Waals surface area contributed by atoms with E-state index in [0.717, 1.165) is 28.0 Å². The van der Waals surface area contributed by atoms with Gasteiger partial charge in [-0.15, -0.1) is 0 Å². The van der Waals surface area contributed by atoms with Crippen molar-refractivity contribution in [3.8, 4) is 5.75 Å². The molecule has 1 atom stereocenters. The lowest BCUT2D eigenvalue weighted by Gasteiger charge is -2.20. The van der Waals surface area contributed by atoms with E-state index in [4.69, 9.17) is 4.74 Å². The first-order valence-corrected chi connectivity index (χ1v) is 8.74. The van der Waals surface area contributed by atoms with Crippen LogP contribution in [0.5, 0.6) is 5.75 Å². The van der Waals surface area contributed by atoms with Gasteiger partial charge in [0, 0.05) is 6.08 Å². The number of halogens is 1. The van der Waals surface area contributed by atoms with Gasteiger partial charge in [0.1, 0.15) is 11.6 Å². The van der Waals surface area contributed by atoms with Gasteiger partial charge in [-0.05, 0) is 72.4 Å². The summed E-state index contributed by atoms with van der Waals surface area (Å²) in [4.78, 5) is 12.2. The first kappa shape index (κ1) is 19.7. The molecular weight excluding hydrogens is 329 g/mol. The number of carbonyl (C=O) groups is 1. The highest BCUT2D eigenvalue weighted by Gasteiger charge is 2.16. The molecule has 1 N–H and O–H groups in total. The topological polar surface area (TPSA) is 38.3 Å². The third kappa shape index (κ3) is 4.94. The zero-order chi connectivity index (χ0) is 19.3. The maximum Gasteiger partial charge on any atom is 0.244 e. The van der Waals surface area contributed by atoms with Crippen LogP contribution >= 0.6 is 0 Å². The summed E-state index contributed by atoms with van der Waals surface area (Å²) >= 11 is 0. The van der Waals surface area contributed by atoms with Gasteiger partial charge in [-0.3, -0.25) is 4.79 Å². The Kier molecular flexibility index (Phi) is 6.56. The van der Waals surface area contributed by atoms with Gasteiger partial charge in [0.2, 0.25) is 5.91 Å². The van der Waals surface area contributed by atoms with Crippen LogP contribution in [-0.2, 0) is 4.79 Å². The summed E-state index contributed by atoms with van der Waals surface area (Å²) in [5, 5.41) is 2.98. The van der Waals surface area contributed by atoms with Crippen molar-refractivity contribution in [1.29, 1.82) is 0 Å². The Labute approximate surface area is 154 Å². The van der Waals surface area contributed by atoms with E-state index in [-0.39, 0.29) is 17.8 Å². The quantitative estimate of drug-likeness (QED) is 0.727. The molecule has 0 aromatic heterocycles. The molecule has 0 bridgehead atoms. The van der Waals surface area contributed by atoms with Crippen molar-refractivity contribution in [2.24, 2.45) is 0 Å². The molecule has 138 valence electrons. The molecule has 0 saturated heterocycles. The van der Waals surface area contributed by atoms with Crippen molar-refractivity contribution in [2.75, 3.05) is 7.11 Å². The molecule has 3 nitrogen and oxygen atoms in total. The molecule has 4 heteroatoms. The van der Waals surface area contributed by atoms with E-state index in [0.29, 0.717) is 5.92 Å². The minimum atomic E-state index is -0.295. The number of aryl methyl sites for hydroxylation is 1. The predicted octanol–water partition coefficient (Wildman–Crippen LogP) is 5.16. The molecule has 0 spiro atoms. The highest BCUT2D eigenvalue weighted by Crippen LogP contribution is 2.32. The maximum absolute atomic E-state index is 12.9. The SMILES string of the molecule is COc1cc(C)c([C@H](C)NC(=O)/C=C/c2ccc(F)cc2)cc1C(C)C. The molecular formula is C22H26FNO2. The molecule has 1 amide bonds. The fraction of sp³-hybridized carbons (Fsp3) is 0.318. The molecule has 0 fully saturated rings. The van der Waals surface area contributed by atoms with Gasteiger partial charge in [-0.2, -0.15) is 0 Å². The smallest absolute Gasteiger partial charge is 0.244 e. The lowest BCUT2D eigenvalue weighted by atomic mass is 9.93. The van der Waals surface area contributed by atoms with E-state index in [2.05, 4.69) is 25.2 Å². The van der Waals surface area contributed by atoms with Gasteiger partial charge in [0.25, 0.3) is 0 Å². The molecule has 0 aliphatic heterocycles. The third-order valence-corrected chi connectivity index (χ3v) is 4.36. The molecule has 2 aromatic rings. The van der Waals surface area contributed by atoms with E-state index in [1.165, 1.54) is 18.2 Å². The Morgan fingerprint density at radius 2 is 1.77 bits per heavy atom. The van der Waals surface area contributed by atoms with E-state index in [1.807, 2.05) is 19.9 Å². The van der Waals surface area contributed by atoms with Crippen LogP contribution in [0.15, 0.2) is 42.5 Å². The monoisotopic (exact) mass is 355 g/mol. The zero-order valence-corrected chi connectivity index (χ0v) is 16.0. The molecule has 0 aliphatic rings. The Balaban J connectivity index is 2.13. The summed E-state index contributed by atoms with van der Waals surface area (Å²) in [6.07, 6.45) is 3.13. The Morgan fingerprint density at radius 1 is 1.12 bits per heavy atom. The number of benzene rings is 2. The summed E-state index contributed by atoms with van der Waals surface area (Å²) < 4.78 is 18.4. The number of hydrogen-bond donors (Lipinski definition) is 1. The van der Waals surface area contributed by atoms with E-state index in [1.54, 1.807) is 25.3 Å². The standard InChI is InChI=1S/C22H26FNO2/c1-14(2)19-13-20(15(3)12-21(19)26-5)16(4)24-22(25)11-8-17-6-9-18(23)10-7-17/h6-14,16H,1-5H3,(H,24,25)/b11-8+/t16-/m0/s1. The normalized spacial score (nSPS) is 12.4. The summed E-state index contributed by atoms with van der Waals surface area (Å²) in [6, 6.07) is 9.98. The first-order valence-electron chi connectivity index (χ1n) is 8.74. The van der Waals surface area contributed by atoms with Crippen LogP contribution in [0.2, 0.25) is 0 Å². The summed E-state index contributed by atoms with van der Waals surface area (Å²) in [6.45, 7) is 8.21. The van der Waals surface area contributed by atoms with Gasteiger partial charge in [0.05, 0.1) is 13.2 Å². The van der Waals surface area contributed by atoms with E-state index < -0.39 is 0 Å². The average Bonchev–Trinajstić information content (AvgIpc) is 2.60. The van der Waals surface area contributed by atoms with Crippen LogP contribution in [0, 0.1) is 12.7 Å². The van der Waals surface area contributed by atoms with Crippen molar-refractivity contribution in [3.05, 3.63) is 70.5 Å². The van der Waals surface area contributed by atoms with Crippen molar-refractivity contribution in [3.63, 3.8) is 0 Å². The summed E-state index contributed by atoms with van der Waals surface area (Å²) in [5.74, 6) is 0.709. The van der Waals surface area contributed by atoms with Crippen molar-refractivity contribution in [2.45, 2.75) is 39.7 Å². The second-order valence-corrected chi connectivity index (χ2v) is 6.72. The fourth-order valence-corrected chi connectivity index (χ4v) is 2.90. The largest absolute Gasteiger partial charge is 0.496 e. The number of ether oxygens (including phenoxy) is 1. The van der Waals surface area contributed by atoms with Gasteiger partial charge >= 0.3 is 0 Å². The Hall–Kier alpha value is -2.62. The third-order valence-electron chi connectivity index (χ3n) is 4.36.